The van der Waals surface area contributed by atoms with Gasteiger partial charge in [0, 0.05) is 71.0 Å². The monoisotopic (exact) mass is 1740 g/mol. The second-order valence-corrected chi connectivity index (χ2v) is 35.0. The van der Waals surface area contributed by atoms with Crippen molar-refractivity contribution in [2.45, 2.75) is 243 Å². The standard InChI is InChI=1S/C16H24O2.C13H16O2.C13H18O2.C11H13N.C11H16.C10H14O.C8H12BrN3.C7H16N2O.C6H13NO2.C6H13NO/c1-13(2)12-15-10-7-6-9-14(15)8-4-3-5-11-16(17)18;1-10(2)9-12-5-3-11(4-6-12)7-8-13(14)15;1-10(2)9-12-6-4-3-5-11(12)7-8-13(14)15;1-9(2)6-10-4-3-5-11(7-10)8-12;1-9(2)8-11-6-4-10(3)5-7-11;1-8(2)7-9-5-3-4-6-10(9)11;1-6(2)3-10-8-11-4-7(9)5-12-8;1-4-8-7(10)9-5-6(2)3;1-5(2)4-7-6(8)9-3;1-5(2)4-7-6(3)8/h6-7,9-10,13H,3-5,8,11-12H2,1-2H3,(H,17,18);3-8,10H,9H2,1-2H3,(H,14,15);3-6,10H,7-9H2,1-2H3,(H,14,15);3-5,7,9H,6H2,1-2H3;4-7,9H,8H2,1-3H3;3-6,8,11H,7H2,1-2H3;4-6H,3H2,1-2H3,(H,10,11,12);6H,4-5H2,1-3H3,(H2,8,9,10);5H,4H2,1-3H3,(H,7,8);5H,4H2,1-3H3,(H,7,8)/b;8-7+;;;;;;;;. The molecule has 0 atom stereocenters. The number of anilines is 1. The topological polar surface area (TPSA) is 302 Å². The number of carbonyl (C=O) groups excluding carboxylic acids is 3. The average Bonchev–Trinajstić information content (AvgIpc) is 0.879. The van der Waals surface area contributed by atoms with Crippen molar-refractivity contribution in [3.63, 3.8) is 0 Å². The van der Waals surface area contributed by atoms with Crippen molar-refractivity contribution in [3.05, 3.63) is 230 Å². The van der Waals surface area contributed by atoms with Crippen LogP contribution in [0.1, 0.15) is 246 Å². The average molecular weight is 1740 g/mol. The fourth-order valence-corrected chi connectivity index (χ4v) is 11.0. The summed E-state index contributed by atoms with van der Waals surface area (Å²) in [5.41, 5.74) is 13.4. The molecule has 672 valence electrons. The highest BCUT2D eigenvalue weighted by Gasteiger charge is 2.10. The van der Waals surface area contributed by atoms with Crippen LogP contribution in [0.3, 0.4) is 0 Å². The number of benzene rings is 6. The Kier molecular flexibility index (Phi) is 68.4. The van der Waals surface area contributed by atoms with Crippen molar-refractivity contribution >= 4 is 63.9 Å². The lowest BCUT2D eigenvalue weighted by Crippen LogP contribution is -2.37. The maximum absolute atomic E-state index is 10.7. The Morgan fingerprint density at radius 3 is 1.30 bits per heavy atom. The highest BCUT2D eigenvalue weighted by molar-refractivity contribution is 9.10. The van der Waals surface area contributed by atoms with Crippen LogP contribution in [0.4, 0.5) is 15.5 Å². The number of phenolic OH excluding ortho intramolecular Hbond substituents is 1. The van der Waals surface area contributed by atoms with E-state index in [9.17, 15) is 33.9 Å². The third kappa shape index (κ3) is 73.8. The van der Waals surface area contributed by atoms with Crippen LogP contribution in [0.2, 0.25) is 0 Å². The SMILES string of the molecule is CC(=O)NCC(C)C.CC(C)CNc1ncc(Br)cn1.CC(C)Cc1ccc(/C=C/C(=O)O)cc1.CC(C)Cc1cccc(C#N)c1.CC(C)Cc1ccccc1CCC(=O)O.CC(C)Cc1ccccc1CCCCCC(=O)O.CC(C)Cc1ccccc1O.CCNC(=O)NCC(C)C.COC(=O)NCC(C)C.Cc1ccc(CC(C)C)cc1. The number of carboxylic acids is 3. The van der Waals surface area contributed by atoms with Crippen LogP contribution < -0.4 is 26.6 Å². The Hall–Kier alpha value is -9.87. The normalized spacial score (nSPS) is 10.3. The first-order chi connectivity index (χ1) is 57.0. The second kappa shape index (κ2) is 71.8. The van der Waals surface area contributed by atoms with Crippen LogP contribution in [0.5, 0.6) is 5.75 Å². The van der Waals surface area contributed by atoms with E-state index in [0.717, 1.165) is 111 Å². The first-order valence-corrected chi connectivity index (χ1v) is 44.0. The van der Waals surface area contributed by atoms with Gasteiger partial charge < -0.3 is 51.7 Å². The minimum absolute atomic E-state index is 0.0544. The number of hydrogen-bond donors (Lipinski definition) is 9. The molecule has 0 spiro atoms. The van der Waals surface area contributed by atoms with Crippen molar-refractivity contribution in [3.8, 4) is 11.8 Å². The summed E-state index contributed by atoms with van der Waals surface area (Å²) in [5, 5.41) is 57.5. The maximum Gasteiger partial charge on any atom is 0.406 e. The van der Waals surface area contributed by atoms with Gasteiger partial charge in [0.25, 0.3) is 0 Å². The van der Waals surface area contributed by atoms with Gasteiger partial charge in [0.1, 0.15) is 5.75 Å². The van der Waals surface area contributed by atoms with E-state index in [2.05, 4.69) is 256 Å². The molecule has 19 nitrogen and oxygen atoms in total. The molecule has 0 aliphatic rings. The number of alkyl carbamates (subject to hydrolysis) is 1. The number of halogens is 1. The van der Waals surface area contributed by atoms with Crippen molar-refractivity contribution in [1.82, 2.24) is 31.2 Å². The van der Waals surface area contributed by atoms with Gasteiger partial charge in [-0.3, -0.25) is 14.4 Å². The molecule has 20 heteroatoms. The van der Waals surface area contributed by atoms with Gasteiger partial charge in [0.2, 0.25) is 11.9 Å². The van der Waals surface area contributed by atoms with Crippen LogP contribution >= 0.6 is 15.9 Å². The predicted octanol–water partition coefficient (Wildman–Crippen LogP) is 23.5. The van der Waals surface area contributed by atoms with Crippen molar-refractivity contribution in [2.24, 2.45) is 59.2 Å². The van der Waals surface area contributed by atoms with E-state index < -0.39 is 17.9 Å². The largest absolute Gasteiger partial charge is 0.508 e. The van der Waals surface area contributed by atoms with E-state index in [1.165, 1.54) is 65.0 Å². The highest BCUT2D eigenvalue weighted by Crippen LogP contribution is 2.21. The Morgan fingerprint density at radius 2 is 0.884 bits per heavy atom. The fraction of sp³-hybridized carbons (Fsp3) is 0.515. The molecule has 6 aromatic carbocycles. The second-order valence-electron chi connectivity index (χ2n) is 34.0. The van der Waals surface area contributed by atoms with Crippen molar-refractivity contribution in [2.75, 3.05) is 45.2 Å². The molecule has 7 aromatic rings. The van der Waals surface area contributed by atoms with Gasteiger partial charge in [0.05, 0.1) is 23.2 Å². The summed E-state index contributed by atoms with van der Waals surface area (Å²) in [6.07, 6.45) is 17.4. The number of rotatable bonds is 33. The molecule has 1 heterocycles. The number of nitriles is 1. The summed E-state index contributed by atoms with van der Waals surface area (Å²) in [6.45, 7) is 52.3. The Morgan fingerprint density at radius 1 is 0.463 bits per heavy atom. The van der Waals surface area contributed by atoms with E-state index in [0.29, 0.717) is 90.9 Å². The van der Waals surface area contributed by atoms with Gasteiger partial charge in [-0.05, 0) is 228 Å². The van der Waals surface area contributed by atoms with Gasteiger partial charge in [-0.1, -0.05) is 278 Å². The molecule has 0 bridgehead atoms. The lowest BCUT2D eigenvalue weighted by Gasteiger charge is -2.11. The fourth-order valence-electron chi connectivity index (χ4n) is 10.8. The molecular formula is C101H155BrN8O11. The summed E-state index contributed by atoms with van der Waals surface area (Å²) in [5.74, 6) is 4.93. The van der Waals surface area contributed by atoms with Crippen molar-refractivity contribution in [1.29, 1.82) is 5.26 Å². The molecule has 0 saturated heterocycles. The predicted molar refractivity (Wildman–Crippen MR) is 507 cm³/mol. The number of aryl methyl sites for hydroxylation is 3. The number of hydrogen-bond acceptors (Lipinski definition) is 12. The molecule has 0 unspecified atom stereocenters. The lowest BCUT2D eigenvalue weighted by molar-refractivity contribution is -0.138. The van der Waals surface area contributed by atoms with Gasteiger partial charge in [0.15, 0.2) is 0 Å². The molecule has 0 fully saturated rings. The first-order valence-electron chi connectivity index (χ1n) is 43.2. The lowest BCUT2D eigenvalue weighted by atomic mass is 9.95. The third-order valence-electron chi connectivity index (χ3n) is 16.5. The van der Waals surface area contributed by atoms with E-state index in [1.54, 1.807) is 24.5 Å². The molecule has 0 aliphatic carbocycles. The number of nitrogens with one attached hydrogen (secondary N) is 5. The quantitative estimate of drug-likeness (QED) is 0.0136. The molecule has 1 aromatic heterocycles. The summed E-state index contributed by atoms with van der Waals surface area (Å²) in [7, 11) is 1.36. The number of unbranched alkanes of at least 4 members (excludes halogenated alkanes) is 2. The number of phenols is 1. The summed E-state index contributed by atoms with van der Waals surface area (Å²) in [4.78, 5) is 70.7. The van der Waals surface area contributed by atoms with Crippen LogP contribution in [-0.4, -0.2) is 106 Å². The van der Waals surface area contributed by atoms with Gasteiger partial charge in [-0.2, -0.15) is 5.26 Å². The number of ether oxygens (including phenoxy) is 1. The number of para-hydroxylation sites is 1. The molecule has 0 saturated carbocycles. The number of aromatic hydroxyl groups is 1. The zero-order chi connectivity index (χ0) is 92.2. The van der Waals surface area contributed by atoms with Crippen molar-refractivity contribution < 1.29 is 53.9 Å². The number of aromatic nitrogens is 2. The van der Waals surface area contributed by atoms with E-state index in [4.69, 9.17) is 20.6 Å². The van der Waals surface area contributed by atoms with Gasteiger partial charge in [-0.15, -0.1) is 0 Å². The summed E-state index contributed by atoms with van der Waals surface area (Å²) in [6, 6.07) is 50.9. The molecule has 121 heavy (non-hydrogen) atoms. The van der Waals surface area contributed by atoms with E-state index >= 15 is 0 Å². The summed E-state index contributed by atoms with van der Waals surface area (Å²) < 4.78 is 5.25. The number of carbonyl (C=O) groups is 6. The maximum atomic E-state index is 10.7. The third-order valence-corrected chi connectivity index (χ3v) is 16.9. The Bertz CT molecular complexity index is 3920. The minimum Gasteiger partial charge on any atom is -0.508 e. The number of aliphatic carboxylic acids is 3. The molecule has 0 radical (unpaired) electrons. The van der Waals surface area contributed by atoms with Gasteiger partial charge >= 0.3 is 30.0 Å². The minimum atomic E-state index is -0.916. The first kappa shape index (κ1) is 115. The number of carboxylic acid groups (broad SMARTS) is 3. The van der Waals surface area contributed by atoms with Crippen LogP contribution in [0.25, 0.3) is 6.08 Å². The van der Waals surface area contributed by atoms with Gasteiger partial charge in [-0.25, -0.2) is 24.4 Å². The zero-order valence-electron chi connectivity index (χ0n) is 78.0. The van der Waals surface area contributed by atoms with Crippen LogP contribution in [0.15, 0.2) is 169 Å². The molecular weight excluding hydrogens is 1580 g/mol. The number of urea groups is 1. The van der Waals surface area contributed by atoms with E-state index in [1.807, 2.05) is 99.6 Å². The Labute approximate surface area is 738 Å². The van der Waals surface area contributed by atoms with Crippen LogP contribution in [-0.2, 0) is 75.3 Å². The number of methoxy groups -OCH3 is 1. The molecule has 9 N–H and O–H groups in total. The molecule has 0 aliphatic heterocycles. The van der Waals surface area contributed by atoms with E-state index in [-0.39, 0.29) is 24.5 Å². The number of nitrogens with zero attached hydrogens (tertiary/aromatic N) is 3. The number of amides is 4. The Balaban J connectivity index is -0.00000129. The van der Waals surface area contributed by atoms with Crippen LogP contribution in [0, 0.1) is 77.4 Å². The zero-order valence-corrected chi connectivity index (χ0v) is 79.6. The molecule has 4 amide bonds. The smallest absolute Gasteiger partial charge is 0.406 e. The highest BCUT2D eigenvalue weighted by atomic mass is 79.9. The molecule has 7 rings (SSSR count). The summed E-state index contributed by atoms with van der Waals surface area (Å²) >= 11 is 3.27.